The molecule has 5 heteroatoms. The number of hydrazine groups is 1. The Balaban J connectivity index is 0. The van der Waals surface area contributed by atoms with Crippen LogP contribution in [-0.2, 0) is 0 Å². The third kappa shape index (κ3) is 5.05. The van der Waals surface area contributed by atoms with E-state index in [1.54, 1.807) is 0 Å². The van der Waals surface area contributed by atoms with E-state index in [0.29, 0.717) is 0 Å². The van der Waals surface area contributed by atoms with Crippen molar-refractivity contribution in [1.29, 1.82) is 5.26 Å². The summed E-state index contributed by atoms with van der Waals surface area (Å²) in [5, 5.41) is 8.43. The Labute approximate surface area is 78.6 Å². The second-order valence-corrected chi connectivity index (χ2v) is 1.91. The summed E-state index contributed by atoms with van der Waals surface area (Å²) in [6.45, 7) is 0.804. The van der Waals surface area contributed by atoms with E-state index in [1.165, 1.54) is 0 Å². The molecule has 1 heterocycles. The van der Waals surface area contributed by atoms with Gasteiger partial charge in [-0.05, 0) is 6.42 Å². The molecule has 0 spiro atoms. The van der Waals surface area contributed by atoms with E-state index in [2.05, 4.69) is 16.9 Å². The van der Waals surface area contributed by atoms with Gasteiger partial charge in [0.1, 0.15) is 6.04 Å². The Morgan fingerprint density at radius 3 is 2.73 bits per heavy atom. The first-order valence-corrected chi connectivity index (χ1v) is 2.96. The molecule has 1 unspecified atom stereocenters. The zero-order chi connectivity index (χ0) is 6.53. The minimum atomic E-state index is -0.0660. The highest BCUT2D eigenvalue weighted by Gasteiger charge is 2.03. The van der Waals surface area contributed by atoms with Gasteiger partial charge >= 0.3 is 0 Å². The Morgan fingerprint density at radius 1 is 1.36 bits per heavy atom. The van der Waals surface area contributed by atoms with Crippen molar-refractivity contribution in [1.82, 2.24) is 10.9 Å². The van der Waals surface area contributed by atoms with Crippen LogP contribution in [0.3, 0.4) is 0 Å². The van der Waals surface area contributed by atoms with Crippen LogP contribution in [0.15, 0.2) is 12.2 Å². The molecule has 0 saturated carbocycles. The van der Waals surface area contributed by atoms with E-state index in [4.69, 9.17) is 5.26 Å². The van der Waals surface area contributed by atoms with Crippen LogP contribution >= 0.6 is 24.8 Å². The van der Waals surface area contributed by atoms with Crippen LogP contribution in [0.5, 0.6) is 0 Å². The van der Waals surface area contributed by atoms with E-state index in [1.807, 2.05) is 12.2 Å². The van der Waals surface area contributed by atoms with Crippen molar-refractivity contribution in [3.05, 3.63) is 12.2 Å². The van der Waals surface area contributed by atoms with Gasteiger partial charge in [0.25, 0.3) is 0 Å². The van der Waals surface area contributed by atoms with Crippen molar-refractivity contribution >= 4 is 24.8 Å². The highest BCUT2D eigenvalue weighted by atomic mass is 35.5. The first kappa shape index (κ1) is 13.3. The molecular formula is C6H11Cl2N3. The smallest absolute Gasteiger partial charge is 0.111 e. The topological polar surface area (TPSA) is 47.9 Å². The second-order valence-electron chi connectivity index (χ2n) is 1.91. The van der Waals surface area contributed by atoms with Gasteiger partial charge in [-0.3, -0.25) is 5.43 Å². The van der Waals surface area contributed by atoms with Crippen LogP contribution in [0, 0.1) is 11.3 Å². The molecular weight excluding hydrogens is 185 g/mol. The molecule has 1 rings (SSSR count). The molecule has 1 atom stereocenters. The lowest BCUT2D eigenvalue weighted by Crippen LogP contribution is -2.38. The van der Waals surface area contributed by atoms with Gasteiger partial charge in [0.15, 0.2) is 0 Å². The van der Waals surface area contributed by atoms with E-state index in [0.717, 1.165) is 13.0 Å². The molecule has 0 saturated heterocycles. The molecule has 11 heavy (non-hydrogen) atoms. The number of hydrogen-bond acceptors (Lipinski definition) is 3. The maximum atomic E-state index is 8.43. The van der Waals surface area contributed by atoms with Crippen molar-refractivity contribution < 1.29 is 0 Å². The number of halogens is 2. The zero-order valence-electron chi connectivity index (χ0n) is 5.91. The molecule has 3 nitrogen and oxygen atoms in total. The molecule has 0 aliphatic carbocycles. The fourth-order valence-corrected chi connectivity index (χ4v) is 0.701. The molecule has 0 amide bonds. The molecule has 1 aliphatic rings. The van der Waals surface area contributed by atoms with Crippen LogP contribution in [0.1, 0.15) is 6.42 Å². The number of nitriles is 1. The maximum Gasteiger partial charge on any atom is 0.111 e. The summed E-state index contributed by atoms with van der Waals surface area (Å²) in [5.74, 6) is 0. The Morgan fingerprint density at radius 2 is 2.09 bits per heavy atom. The Hall–Kier alpha value is -0.270. The Kier molecular flexibility index (Phi) is 9.49. The van der Waals surface area contributed by atoms with Crippen molar-refractivity contribution in [2.45, 2.75) is 12.5 Å². The lowest BCUT2D eigenvalue weighted by molar-refractivity contribution is 0.525. The lowest BCUT2D eigenvalue weighted by atomic mass is 10.2. The molecule has 64 valence electrons. The fraction of sp³-hybridized carbons (Fsp3) is 0.500. The van der Waals surface area contributed by atoms with Gasteiger partial charge in [0.05, 0.1) is 6.07 Å². The molecule has 0 aromatic heterocycles. The fourth-order valence-electron chi connectivity index (χ4n) is 0.701. The molecule has 0 aromatic carbocycles. The van der Waals surface area contributed by atoms with Crippen molar-refractivity contribution in [2.24, 2.45) is 0 Å². The highest BCUT2D eigenvalue weighted by Crippen LogP contribution is 1.92. The minimum Gasteiger partial charge on any atom is -0.253 e. The van der Waals surface area contributed by atoms with Gasteiger partial charge in [0, 0.05) is 6.54 Å². The second kappa shape index (κ2) is 7.83. The normalized spacial score (nSPS) is 21.9. The summed E-state index contributed by atoms with van der Waals surface area (Å²) in [5.41, 5.74) is 5.75. The molecule has 0 aromatic rings. The standard InChI is InChI=1S/C6H9N3.2ClH/c7-5-6-3-1-2-4-8-9-6;;/h1-2,6,8-9H,3-4H2;2*1H. The van der Waals surface area contributed by atoms with E-state index < -0.39 is 0 Å². The maximum absolute atomic E-state index is 8.43. The Bertz CT molecular complexity index is 152. The summed E-state index contributed by atoms with van der Waals surface area (Å²) >= 11 is 0. The minimum absolute atomic E-state index is 0. The zero-order valence-corrected chi connectivity index (χ0v) is 7.54. The summed E-state index contributed by atoms with van der Waals surface area (Å²) in [7, 11) is 0. The van der Waals surface area contributed by atoms with Crippen LogP contribution in [0.2, 0.25) is 0 Å². The summed E-state index contributed by atoms with van der Waals surface area (Å²) in [6.07, 6.45) is 4.80. The van der Waals surface area contributed by atoms with Gasteiger partial charge in [-0.1, -0.05) is 12.2 Å². The predicted molar refractivity (Wildman–Crippen MR) is 48.8 cm³/mol. The number of hydrogen-bond donors (Lipinski definition) is 2. The van der Waals surface area contributed by atoms with Crippen molar-refractivity contribution in [3.63, 3.8) is 0 Å². The molecule has 2 N–H and O–H groups in total. The largest absolute Gasteiger partial charge is 0.253 e. The lowest BCUT2D eigenvalue weighted by Gasteiger charge is -2.04. The van der Waals surface area contributed by atoms with E-state index in [9.17, 15) is 0 Å². The van der Waals surface area contributed by atoms with Gasteiger partial charge in [0.2, 0.25) is 0 Å². The van der Waals surface area contributed by atoms with E-state index in [-0.39, 0.29) is 30.9 Å². The van der Waals surface area contributed by atoms with E-state index >= 15 is 0 Å². The number of nitrogens with zero attached hydrogens (tertiary/aromatic N) is 1. The first-order chi connectivity index (χ1) is 4.43. The van der Waals surface area contributed by atoms with Gasteiger partial charge in [-0.2, -0.15) is 5.26 Å². The summed E-state index contributed by atoms with van der Waals surface area (Å²) < 4.78 is 0. The van der Waals surface area contributed by atoms with Crippen molar-refractivity contribution in [3.8, 4) is 6.07 Å². The van der Waals surface area contributed by atoms with Gasteiger partial charge < -0.3 is 0 Å². The highest BCUT2D eigenvalue weighted by molar-refractivity contribution is 5.85. The van der Waals surface area contributed by atoms with Gasteiger partial charge in [-0.15, -0.1) is 24.8 Å². The SMILES string of the molecule is Cl.Cl.N#CC1CC=CCNN1. The molecule has 0 radical (unpaired) electrons. The predicted octanol–water partition coefficient (Wildman–Crippen LogP) is 0.776. The van der Waals surface area contributed by atoms with Crippen molar-refractivity contribution in [2.75, 3.05) is 6.54 Å². The average molecular weight is 196 g/mol. The van der Waals surface area contributed by atoms with Crippen LogP contribution in [0.4, 0.5) is 0 Å². The number of rotatable bonds is 0. The third-order valence-electron chi connectivity index (χ3n) is 1.19. The quantitative estimate of drug-likeness (QED) is 0.562. The van der Waals surface area contributed by atoms with Crippen LogP contribution < -0.4 is 10.9 Å². The molecule has 1 aliphatic heterocycles. The first-order valence-electron chi connectivity index (χ1n) is 2.96. The summed E-state index contributed by atoms with van der Waals surface area (Å²) in [6, 6.07) is 2.05. The molecule has 0 fully saturated rings. The monoisotopic (exact) mass is 195 g/mol. The van der Waals surface area contributed by atoms with Crippen LogP contribution in [0.25, 0.3) is 0 Å². The van der Waals surface area contributed by atoms with Crippen LogP contribution in [-0.4, -0.2) is 12.6 Å². The number of nitrogens with one attached hydrogen (secondary N) is 2. The summed E-state index contributed by atoms with van der Waals surface area (Å²) in [4.78, 5) is 0. The third-order valence-corrected chi connectivity index (χ3v) is 1.19. The average Bonchev–Trinajstić information content (AvgIpc) is 2.13. The van der Waals surface area contributed by atoms with Gasteiger partial charge in [-0.25, -0.2) is 5.43 Å². The molecule has 0 bridgehead atoms.